The summed E-state index contributed by atoms with van der Waals surface area (Å²) in [5.74, 6) is -0.707. The summed E-state index contributed by atoms with van der Waals surface area (Å²) >= 11 is 0. The first-order valence-electron chi connectivity index (χ1n) is 5.34. The zero-order valence-corrected chi connectivity index (χ0v) is 8.83. The van der Waals surface area contributed by atoms with Crippen molar-refractivity contribution in [1.29, 1.82) is 0 Å². The monoisotopic (exact) mass is 210 g/mol. The average molecular weight is 210 g/mol. The second-order valence-electron chi connectivity index (χ2n) is 3.55. The van der Waals surface area contributed by atoms with E-state index in [2.05, 4.69) is 16.4 Å². The van der Waals surface area contributed by atoms with E-state index in [9.17, 15) is 4.79 Å². The summed E-state index contributed by atoms with van der Waals surface area (Å²) in [7, 11) is 0. The highest BCUT2D eigenvalue weighted by Crippen LogP contribution is 1.95. The fraction of sp³-hybridized carbons (Fsp3) is 0.545. The van der Waals surface area contributed by atoms with Crippen LogP contribution in [0.4, 0.5) is 0 Å². The van der Waals surface area contributed by atoms with Crippen molar-refractivity contribution < 1.29 is 9.90 Å². The quantitative estimate of drug-likeness (QED) is 0.568. The van der Waals surface area contributed by atoms with Gasteiger partial charge in [-0.25, -0.2) is 0 Å². The van der Waals surface area contributed by atoms with Gasteiger partial charge in [0.1, 0.15) is 0 Å². The molecule has 0 aliphatic rings. The minimum absolute atomic E-state index is 0.276. The molecule has 1 heterocycles. The van der Waals surface area contributed by atoms with E-state index in [4.69, 9.17) is 5.11 Å². The first kappa shape index (κ1) is 11.8. The van der Waals surface area contributed by atoms with Crippen LogP contribution in [0.1, 0.15) is 25.0 Å². The summed E-state index contributed by atoms with van der Waals surface area (Å²) in [5, 5.41) is 11.7. The maximum Gasteiger partial charge on any atom is 0.303 e. The number of hydrogen-bond donors (Lipinski definition) is 3. The van der Waals surface area contributed by atoms with Gasteiger partial charge in [-0.15, -0.1) is 0 Å². The van der Waals surface area contributed by atoms with Crippen molar-refractivity contribution in [3.05, 3.63) is 24.0 Å². The largest absolute Gasteiger partial charge is 0.481 e. The molecule has 0 saturated carbocycles. The van der Waals surface area contributed by atoms with Crippen LogP contribution < -0.4 is 5.32 Å². The van der Waals surface area contributed by atoms with E-state index in [1.165, 1.54) is 5.69 Å². The third-order valence-corrected chi connectivity index (χ3v) is 2.23. The van der Waals surface area contributed by atoms with E-state index in [-0.39, 0.29) is 6.42 Å². The molecule has 0 amide bonds. The number of hydrogen-bond acceptors (Lipinski definition) is 2. The lowest BCUT2D eigenvalue weighted by atomic mass is 10.2. The Morgan fingerprint density at radius 3 is 2.93 bits per heavy atom. The molecule has 0 saturated heterocycles. The van der Waals surface area contributed by atoms with Crippen LogP contribution >= 0.6 is 0 Å². The Balaban J connectivity index is 1.87. The molecular formula is C11H18N2O2. The highest BCUT2D eigenvalue weighted by molar-refractivity contribution is 5.66. The number of nitrogens with one attached hydrogen (secondary N) is 2. The number of carboxylic acids is 1. The third-order valence-electron chi connectivity index (χ3n) is 2.23. The number of unbranched alkanes of at least 4 members (excludes halogenated alkanes) is 1. The fourth-order valence-corrected chi connectivity index (χ4v) is 1.40. The van der Waals surface area contributed by atoms with Crippen molar-refractivity contribution in [1.82, 2.24) is 10.3 Å². The summed E-state index contributed by atoms with van der Waals surface area (Å²) in [6.45, 7) is 1.83. The zero-order chi connectivity index (χ0) is 10.9. The summed E-state index contributed by atoms with van der Waals surface area (Å²) in [5.41, 5.74) is 1.23. The van der Waals surface area contributed by atoms with Gasteiger partial charge in [-0.2, -0.15) is 0 Å². The number of carboxylic acid groups (broad SMARTS) is 1. The molecule has 0 aliphatic heterocycles. The van der Waals surface area contributed by atoms with Crippen LogP contribution in [0.3, 0.4) is 0 Å². The summed E-state index contributed by atoms with van der Waals surface area (Å²) < 4.78 is 0. The maximum absolute atomic E-state index is 10.2. The lowest BCUT2D eigenvalue weighted by Crippen LogP contribution is -2.18. The Labute approximate surface area is 89.7 Å². The van der Waals surface area contributed by atoms with Gasteiger partial charge in [0.2, 0.25) is 0 Å². The molecule has 0 radical (unpaired) electrons. The minimum Gasteiger partial charge on any atom is -0.481 e. The van der Waals surface area contributed by atoms with Crippen LogP contribution in [0.2, 0.25) is 0 Å². The van der Waals surface area contributed by atoms with Crippen LogP contribution in [0.5, 0.6) is 0 Å². The number of aromatic nitrogens is 1. The van der Waals surface area contributed by atoms with Crippen LogP contribution in [0.25, 0.3) is 0 Å². The van der Waals surface area contributed by atoms with E-state index in [1.807, 2.05) is 12.3 Å². The molecule has 1 rings (SSSR count). The summed E-state index contributed by atoms with van der Waals surface area (Å²) in [6, 6.07) is 4.05. The second-order valence-corrected chi connectivity index (χ2v) is 3.55. The van der Waals surface area contributed by atoms with Gasteiger partial charge in [-0.3, -0.25) is 4.79 Å². The predicted molar refractivity (Wildman–Crippen MR) is 58.9 cm³/mol. The molecule has 0 spiro atoms. The molecular weight excluding hydrogens is 192 g/mol. The Kier molecular flexibility index (Phi) is 5.55. The van der Waals surface area contributed by atoms with Crippen molar-refractivity contribution in [2.75, 3.05) is 13.1 Å². The first-order valence-corrected chi connectivity index (χ1v) is 5.34. The summed E-state index contributed by atoms with van der Waals surface area (Å²) in [6.07, 6.45) is 4.87. The number of aromatic amines is 1. The third kappa shape index (κ3) is 5.91. The van der Waals surface area contributed by atoms with Gasteiger partial charge in [-0.05, 0) is 37.9 Å². The highest BCUT2D eigenvalue weighted by atomic mass is 16.4. The van der Waals surface area contributed by atoms with Crippen LogP contribution in [0.15, 0.2) is 18.3 Å². The Bertz CT molecular complexity index is 270. The van der Waals surface area contributed by atoms with Gasteiger partial charge in [0, 0.05) is 24.9 Å². The van der Waals surface area contributed by atoms with Crippen molar-refractivity contribution in [3.63, 3.8) is 0 Å². The topological polar surface area (TPSA) is 65.1 Å². The lowest BCUT2D eigenvalue weighted by molar-refractivity contribution is -0.137. The zero-order valence-electron chi connectivity index (χ0n) is 8.83. The SMILES string of the molecule is O=C(O)CCCCNCCc1ccc[nH]1. The molecule has 0 aromatic carbocycles. The fourth-order valence-electron chi connectivity index (χ4n) is 1.40. The minimum atomic E-state index is -0.707. The first-order chi connectivity index (χ1) is 7.29. The van der Waals surface area contributed by atoms with Gasteiger partial charge >= 0.3 is 5.97 Å². The van der Waals surface area contributed by atoms with Crippen molar-refractivity contribution >= 4 is 5.97 Å². The number of H-pyrrole nitrogens is 1. The van der Waals surface area contributed by atoms with E-state index in [0.29, 0.717) is 0 Å². The van der Waals surface area contributed by atoms with Crippen LogP contribution in [-0.4, -0.2) is 29.1 Å². The van der Waals surface area contributed by atoms with Crippen LogP contribution in [0, 0.1) is 0 Å². The average Bonchev–Trinajstić information content (AvgIpc) is 2.68. The predicted octanol–water partition coefficient (Wildman–Crippen LogP) is 1.40. The summed E-state index contributed by atoms with van der Waals surface area (Å²) in [4.78, 5) is 13.4. The van der Waals surface area contributed by atoms with Crippen molar-refractivity contribution in [2.24, 2.45) is 0 Å². The standard InChI is InChI=1S/C11H18N2O2/c14-11(15)5-1-2-7-12-9-6-10-4-3-8-13-10/h3-4,8,12-13H,1-2,5-7,9H2,(H,14,15). The lowest BCUT2D eigenvalue weighted by Gasteiger charge is -2.02. The Morgan fingerprint density at radius 2 is 2.27 bits per heavy atom. The van der Waals surface area contributed by atoms with E-state index in [1.54, 1.807) is 0 Å². The maximum atomic E-state index is 10.2. The molecule has 0 fully saturated rings. The number of carbonyl (C=O) groups is 1. The van der Waals surface area contributed by atoms with Gasteiger partial charge < -0.3 is 15.4 Å². The number of aliphatic carboxylic acids is 1. The Morgan fingerprint density at radius 1 is 1.40 bits per heavy atom. The molecule has 0 atom stereocenters. The molecule has 15 heavy (non-hydrogen) atoms. The highest BCUT2D eigenvalue weighted by Gasteiger charge is 1.96. The van der Waals surface area contributed by atoms with E-state index >= 15 is 0 Å². The smallest absolute Gasteiger partial charge is 0.303 e. The van der Waals surface area contributed by atoms with Crippen molar-refractivity contribution in [2.45, 2.75) is 25.7 Å². The van der Waals surface area contributed by atoms with Crippen LogP contribution in [-0.2, 0) is 11.2 Å². The molecule has 4 heteroatoms. The van der Waals surface area contributed by atoms with Gasteiger partial charge in [-0.1, -0.05) is 0 Å². The second kappa shape index (κ2) is 7.06. The Hall–Kier alpha value is -1.29. The normalized spacial score (nSPS) is 10.4. The molecule has 3 N–H and O–H groups in total. The van der Waals surface area contributed by atoms with Crippen molar-refractivity contribution in [3.8, 4) is 0 Å². The molecule has 84 valence electrons. The molecule has 1 aromatic heterocycles. The molecule has 0 unspecified atom stereocenters. The molecule has 1 aromatic rings. The van der Waals surface area contributed by atoms with Gasteiger partial charge in [0.15, 0.2) is 0 Å². The molecule has 4 nitrogen and oxygen atoms in total. The van der Waals surface area contributed by atoms with E-state index in [0.717, 1.165) is 32.4 Å². The molecule has 0 bridgehead atoms. The van der Waals surface area contributed by atoms with E-state index < -0.39 is 5.97 Å². The van der Waals surface area contributed by atoms with Gasteiger partial charge in [0.05, 0.1) is 0 Å². The number of rotatable bonds is 8. The van der Waals surface area contributed by atoms with Gasteiger partial charge in [0.25, 0.3) is 0 Å². The molecule has 0 aliphatic carbocycles.